The van der Waals surface area contributed by atoms with Gasteiger partial charge >= 0.3 is 18.3 Å². The molecule has 7 aliphatic rings. The fourth-order valence-electron chi connectivity index (χ4n) is 17.5. The number of nitrogens with one attached hydrogen (secondary N) is 6. The van der Waals surface area contributed by atoms with E-state index in [1.54, 1.807) is 119 Å². The van der Waals surface area contributed by atoms with E-state index in [0.717, 1.165) is 82.0 Å². The van der Waals surface area contributed by atoms with Crippen LogP contribution in [0.1, 0.15) is 172 Å². The molecule has 7 amide bonds. The summed E-state index contributed by atoms with van der Waals surface area (Å²) in [7, 11) is -2.47. The number of amides is 7. The summed E-state index contributed by atoms with van der Waals surface area (Å²) in [5.41, 5.74) is 30.6. The zero-order valence-corrected chi connectivity index (χ0v) is 81.6. The Hall–Kier alpha value is -14.8. The number of rotatable bonds is 14. The predicted molar refractivity (Wildman–Crippen MR) is 540 cm³/mol. The molecule has 1 aliphatic carbocycles. The van der Waals surface area contributed by atoms with E-state index in [2.05, 4.69) is 51.8 Å². The number of hydrogen-bond acceptors (Lipinski definition) is 25. The quantitative estimate of drug-likeness (QED) is 0.0457. The minimum absolute atomic E-state index is 0.0275. The van der Waals surface area contributed by atoms with Crippen molar-refractivity contribution in [2.75, 3.05) is 103 Å². The number of likely N-dealkylation sites (N-methyl/N-ethyl adjacent to an activating group) is 3. The fourth-order valence-corrected chi connectivity index (χ4v) is 21.4. The summed E-state index contributed by atoms with van der Waals surface area (Å²) in [4.78, 5) is 119. The minimum atomic E-state index is -3.80. The number of sulfone groups is 2. The van der Waals surface area contributed by atoms with Crippen molar-refractivity contribution in [3.05, 3.63) is 289 Å². The molecule has 6 aliphatic heterocycles. The Morgan fingerprint density at radius 1 is 0.489 bits per heavy atom. The Bertz CT molecular complexity index is 7170. The van der Waals surface area contributed by atoms with E-state index in [1.807, 2.05) is 162 Å². The molecule has 0 spiro atoms. The van der Waals surface area contributed by atoms with Crippen LogP contribution in [0.2, 0.25) is 0 Å². The van der Waals surface area contributed by atoms with Crippen LogP contribution in [0, 0.1) is 20.8 Å². The van der Waals surface area contributed by atoms with Crippen LogP contribution in [0.15, 0.2) is 222 Å². The maximum atomic E-state index is 14.5. The molecule has 13 aromatic rings. The van der Waals surface area contributed by atoms with Crippen LogP contribution < -0.4 is 49.1 Å². The molecule has 35 heteroatoms. The third-order valence-corrected chi connectivity index (χ3v) is 31.1. The average Bonchev–Trinajstić information content (AvgIpc) is 0.937. The Balaban J connectivity index is 0.000000158. The SMILES string of the molecule is CCN(Cc1nccs1)C(=O)c1ccc2cc1CN(C)C(=O)[C@H](Nc1ccc3c(N)nccc3c1)c1ccc(c(C)c1)[C@@H](C)COC(=O)N2.Cc1cc2ccc1[C@@H](C)COC(=O)Nc1ccc(S(=O)(=O)C(C)(C)C)c(c1)CN(C)C(=O)[C@@H]2Nc1ccc2c(N)nccc2c1.Cc1cc2ccc1[C@@H](CF)COC(=O)Nc1ccc(S(=O)(=O)C3CC3)c(c1)CN(C)C(=O)[C@@H]2Nc1ccc2c(N)nccc2c1. The molecular weight excluding hydrogens is 1830 g/mol. The number of halogens is 1. The number of thiazole rings is 1. The van der Waals surface area contributed by atoms with Crippen molar-refractivity contribution in [1.82, 2.24) is 39.5 Å². The van der Waals surface area contributed by atoms with Gasteiger partial charge in [0.1, 0.15) is 47.2 Å². The maximum absolute atomic E-state index is 14.5. The predicted octanol–water partition coefficient (Wildman–Crippen LogP) is 18.4. The highest BCUT2D eigenvalue weighted by atomic mass is 32.2. The first-order valence-electron chi connectivity index (χ1n) is 45.5. The van der Waals surface area contributed by atoms with E-state index in [4.69, 9.17) is 31.4 Å². The van der Waals surface area contributed by atoms with Crippen molar-refractivity contribution in [3.63, 3.8) is 0 Å². The molecule has 12 bridgehead atoms. The van der Waals surface area contributed by atoms with Gasteiger partial charge in [-0.2, -0.15) is 0 Å². The van der Waals surface area contributed by atoms with Crippen molar-refractivity contribution < 1.29 is 69.0 Å². The second-order valence-corrected chi connectivity index (χ2v) is 42.4. The molecule has 139 heavy (non-hydrogen) atoms. The van der Waals surface area contributed by atoms with E-state index in [9.17, 15) is 54.8 Å². The van der Waals surface area contributed by atoms with Crippen LogP contribution in [0.5, 0.6) is 0 Å². The van der Waals surface area contributed by atoms with Crippen LogP contribution >= 0.6 is 11.3 Å². The third-order valence-electron chi connectivity index (χ3n) is 25.4. The number of pyridine rings is 3. The summed E-state index contributed by atoms with van der Waals surface area (Å²) in [5, 5.41) is 25.6. The Morgan fingerprint density at radius 3 is 1.27 bits per heavy atom. The van der Waals surface area contributed by atoms with Gasteiger partial charge in [0.05, 0.1) is 46.2 Å². The molecule has 31 nitrogen and oxygen atoms in total. The number of nitrogens with two attached hydrogens (primary N) is 3. The lowest BCUT2D eigenvalue weighted by Crippen LogP contribution is -2.36. The Kier molecular flexibility index (Phi) is 29.5. The number of carbonyl (C=O) groups excluding carboxylic acids is 7. The molecule has 0 radical (unpaired) electrons. The number of benzene rings is 9. The Morgan fingerprint density at radius 2 is 0.878 bits per heavy atom. The first-order valence-corrected chi connectivity index (χ1v) is 49.4. The smallest absolute Gasteiger partial charge is 0.411 e. The highest BCUT2D eigenvalue weighted by molar-refractivity contribution is 7.93. The molecule has 4 aromatic heterocycles. The van der Waals surface area contributed by atoms with Gasteiger partial charge in [-0.05, 0) is 272 Å². The fraction of sp³-hybridized carbons (Fsp3) is 0.298. The van der Waals surface area contributed by atoms with Crippen molar-refractivity contribution in [3.8, 4) is 0 Å². The standard InChI is InChI=1S/C37H39N7O4S.C34H39N5O5S.C33H34FN5O5S/c1-5-44(20-32-39-14-15-49-32)35(45)31-11-8-28-18-26(31)19-43(4)36(46)33(41-27-7-10-30-24(17-27)12-13-40-34(30)38)25-6-9-29(22(2)16-25)23(3)21-48-37(47)42-28;1-20-15-23-7-10-27(20)21(2)19-44-33(41)38-26-9-12-29(45(42,43)34(3,4)5)24(17-26)18-39(6)32(40)30(23)37-25-8-11-28-22(16-25)13-14-36-31(28)35;1-19-13-21-3-8-27(19)23(16-34)18-44-33(41)38-25-5-10-29(45(42,43)26-6-7-26)22(15-25)17-39(2)32(40)30(21)37-24-4-9-28-20(14-24)11-12-36-31(28)35/h6-18,23,33,41H,5,19-21H2,1-4H3,(H2,38,40)(H,42,47);7-17,21,30,37H,18-19H2,1-6H3,(H2,35,36)(H,38,41);3-5,8-15,23,26,30,37H,6-7,16-18H2,1-2H3,(H2,35,36)(H,38,41)/t23-,33+;21-,30+;23-,30+/m000/s1. The summed E-state index contributed by atoms with van der Waals surface area (Å²) >= 11 is 1.48. The molecule has 0 saturated heterocycles. The van der Waals surface area contributed by atoms with Crippen molar-refractivity contribution in [2.24, 2.45) is 0 Å². The number of hydrogen-bond donors (Lipinski definition) is 9. The number of ether oxygens (including phenoxy) is 3. The molecule has 12 N–H and O–H groups in total. The monoisotopic (exact) mass is 1940 g/mol. The molecule has 1 saturated carbocycles. The molecule has 20 rings (SSSR count). The summed E-state index contributed by atoms with van der Waals surface area (Å²) in [6.45, 7) is 16.7. The lowest BCUT2D eigenvalue weighted by Gasteiger charge is -2.28. The van der Waals surface area contributed by atoms with Gasteiger partial charge in [0, 0.05) is 151 Å². The van der Waals surface area contributed by atoms with Gasteiger partial charge < -0.3 is 67.0 Å². The molecule has 9 aromatic carbocycles. The van der Waals surface area contributed by atoms with Crippen LogP contribution in [-0.4, -0.2) is 162 Å². The van der Waals surface area contributed by atoms with Gasteiger partial charge in [-0.25, -0.2) is 51.2 Å². The third kappa shape index (κ3) is 22.4. The number of nitrogen functional groups attached to an aromatic ring is 3. The molecule has 722 valence electrons. The van der Waals surface area contributed by atoms with Gasteiger partial charge in [0.25, 0.3) is 5.91 Å². The molecule has 10 heterocycles. The van der Waals surface area contributed by atoms with Crippen molar-refractivity contribution in [1.29, 1.82) is 0 Å². The zero-order chi connectivity index (χ0) is 99.2. The Labute approximate surface area is 810 Å². The summed E-state index contributed by atoms with van der Waals surface area (Å²) in [6, 6.07) is 51.3. The van der Waals surface area contributed by atoms with E-state index in [0.29, 0.717) is 105 Å². The van der Waals surface area contributed by atoms with Crippen molar-refractivity contribution >= 4 is 157 Å². The second kappa shape index (κ2) is 41.6. The molecule has 1 fully saturated rings. The van der Waals surface area contributed by atoms with E-state index >= 15 is 0 Å². The summed E-state index contributed by atoms with van der Waals surface area (Å²) in [5.74, 6) is -0.663. The van der Waals surface area contributed by atoms with Gasteiger partial charge in [0.15, 0.2) is 19.7 Å². The number of aromatic nitrogens is 4. The maximum Gasteiger partial charge on any atom is 0.411 e. The molecular formula is C104H112FN17O14S3. The van der Waals surface area contributed by atoms with Gasteiger partial charge in [-0.3, -0.25) is 39.5 Å². The van der Waals surface area contributed by atoms with Crippen LogP contribution in [0.3, 0.4) is 0 Å². The topological polar surface area (TPSA) is 430 Å². The van der Waals surface area contributed by atoms with Crippen LogP contribution in [0.25, 0.3) is 32.3 Å². The summed E-state index contributed by atoms with van der Waals surface area (Å²) < 4.78 is 83.6. The van der Waals surface area contributed by atoms with Gasteiger partial charge in [-0.15, -0.1) is 11.3 Å². The lowest BCUT2D eigenvalue weighted by atomic mass is 9.92. The van der Waals surface area contributed by atoms with E-state index in [1.165, 1.54) is 45.4 Å². The van der Waals surface area contributed by atoms with Gasteiger partial charge in [0.2, 0.25) is 17.7 Å². The molecule has 6 atom stereocenters. The largest absolute Gasteiger partial charge is 0.449 e. The first-order chi connectivity index (χ1) is 66.3. The number of anilines is 9. The number of aryl methyl sites for hydroxylation is 3. The van der Waals surface area contributed by atoms with Crippen molar-refractivity contribution in [2.45, 2.75) is 157 Å². The van der Waals surface area contributed by atoms with Gasteiger partial charge in [-0.1, -0.05) is 68.4 Å². The summed E-state index contributed by atoms with van der Waals surface area (Å²) in [6.07, 6.45) is 5.74. The number of alkyl halides is 1. The van der Waals surface area contributed by atoms with E-state index < -0.39 is 78.7 Å². The first kappa shape index (κ1) is 98.7. The highest BCUT2D eigenvalue weighted by Crippen LogP contribution is 2.41. The zero-order valence-electron chi connectivity index (χ0n) is 79.2. The number of nitrogens with zero attached hydrogens (tertiary/aromatic N) is 8. The normalized spacial score (nSPS) is 18.0. The number of fused-ring (bicyclic) bond motifs is 30. The lowest BCUT2D eigenvalue weighted by molar-refractivity contribution is -0.132. The van der Waals surface area contributed by atoms with Crippen LogP contribution in [0.4, 0.5) is 70.4 Å². The number of carbonyl (C=O) groups is 7. The van der Waals surface area contributed by atoms with Crippen LogP contribution in [-0.2, 0) is 74.4 Å². The highest BCUT2D eigenvalue weighted by Gasteiger charge is 2.40. The average molecular weight is 1940 g/mol. The minimum Gasteiger partial charge on any atom is -0.449 e. The molecule has 0 unspecified atom stereocenters. The van der Waals surface area contributed by atoms with E-state index in [-0.39, 0.29) is 84.7 Å². The second-order valence-electron chi connectivity index (χ2n) is 36.5.